The summed E-state index contributed by atoms with van der Waals surface area (Å²) in [5, 5.41) is 0. The third-order valence-electron chi connectivity index (χ3n) is 2.95. The molecular formula is C12H13F3O4S. The Hall–Kier alpha value is -1.44. The van der Waals surface area contributed by atoms with E-state index in [9.17, 15) is 21.6 Å². The van der Waals surface area contributed by atoms with Crippen LogP contribution in [-0.4, -0.2) is 13.9 Å². The molecule has 0 saturated heterocycles. The van der Waals surface area contributed by atoms with Crippen molar-refractivity contribution in [3.63, 3.8) is 0 Å². The van der Waals surface area contributed by atoms with Crippen molar-refractivity contribution in [1.29, 1.82) is 0 Å². The molecule has 1 unspecified atom stereocenters. The minimum atomic E-state index is -5.60. The Balaban J connectivity index is 2.19. The van der Waals surface area contributed by atoms with Crippen LogP contribution in [0.3, 0.4) is 0 Å². The van der Waals surface area contributed by atoms with E-state index in [0.29, 0.717) is 24.4 Å². The molecule has 1 atom stereocenters. The molecule has 112 valence electrons. The summed E-state index contributed by atoms with van der Waals surface area (Å²) in [6, 6.07) is 3.46. The summed E-state index contributed by atoms with van der Waals surface area (Å²) in [7, 11) is -5.60. The lowest BCUT2D eigenvalue weighted by Crippen LogP contribution is -2.26. The molecule has 0 amide bonds. The molecule has 0 aromatic carbocycles. The van der Waals surface area contributed by atoms with Gasteiger partial charge in [-0.15, -0.1) is 0 Å². The average molecular weight is 310 g/mol. The number of hydrogen-bond acceptors (Lipinski definition) is 4. The topological polar surface area (TPSA) is 56.5 Å². The maximum atomic E-state index is 12.3. The molecule has 0 radical (unpaired) electrons. The van der Waals surface area contributed by atoms with Gasteiger partial charge in [-0.05, 0) is 38.0 Å². The van der Waals surface area contributed by atoms with Gasteiger partial charge in [0.05, 0.1) is 0 Å². The molecule has 8 heteroatoms. The molecule has 0 N–H and O–H groups in total. The van der Waals surface area contributed by atoms with E-state index in [0.717, 1.165) is 0 Å². The van der Waals surface area contributed by atoms with E-state index >= 15 is 0 Å². The minimum Gasteiger partial charge on any atom is -0.466 e. The number of hydrogen-bond donors (Lipinski definition) is 0. The summed E-state index contributed by atoms with van der Waals surface area (Å²) in [5.41, 5.74) is -5.41. The molecule has 1 aromatic rings. The molecule has 1 aliphatic rings. The Kier molecular flexibility index (Phi) is 3.86. The van der Waals surface area contributed by atoms with Crippen LogP contribution in [0.15, 0.2) is 28.4 Å². The number of allylic oxidation sites excluding steroid dienone is 2. The molecule has 1 aliphatic carbocycles. The lowest BCUT2D eigenvalue weighted by atomic mass is 9.93. The standard InChI is InChI=1S/C12H13F3O4S/c1-8-5-6-11(18-8)9-3-2-4-10(7-9)19-20(16,17)12(13,14)15/h5-7,9H,2-4H2,1H3. The highest BCUT2D eigenvalue weighted by atomic mass is 32.2. The molecule has 1 heterocycles. The molecule has 4 nitrogen and oxygen atoms in total. The highest BCUT2D eigenvalue weighted by molar-refractivity contribution is 7.87. The molecular weight excluding hydrogens is 297 g/mol. The summed E-state index contributed by atoms with van der Waals surface area (Å²) in [6.45, 7) is 1.75. The smallest absolute Gasteiger partial charge is 0.466 e. The van der Waals surface area contributed by atoms with Crippen LogP contribution in [0.1, 0.15) is 36.7 Å². The van der Waals surface area contributed by atoms with Crippen LogP contribution in [0.5, 0.6) is 0 Å². The van der Waals surface area contributed by atoms with Gasteiger partial charge in [0, 0.05) is 12.3 Å². The van der Waals surface area contributed by atoms with Crippen molar-refractivity contribution in [2.75, 3.05) is 0 Å². The molecule has 0 spiro atoms. The van der Waals surface area contributed by atoms with E-state index in [1.807, 2.05) is 0 Å². The highest BCUT2D eigenvalue weighted by Gasteiger charge is 2.49. The third kappa shape index (κ3) is 3.17. The quantitative estimate of drug-likeness (QED) is 0.632. The van der Waals surface area contributed by atoms with Gasteiger partial charge >= 0.3 is 15.6 Å². The van der Waals surface area contributed by atoms with Crippen LogP contribution in [0.25, 0.3) is 0 Å². The Morgan fingerprint density at radius 1 is 1.35 bits per heavy atom. The van der Waals surface area contributed by atoms with Crippen molar-refractivity contribution in [2.24, 2.45) is 0 Å². The monoisotopic (exact) mass is 310 g/mol. The predicted molar refractivity (Wildman–Crippen MR) is 64.2 cm³/mol. The Morgan fingerprint density at radius 3 is 2.60 bits per heavy atom. The molecule has 2 rings (SSSR count). The van der Waals surface area contributed by atoms with Gasteiger partial charge in [-0.1, -0.05) is 0 Å². The van der Waals surface area contributed by atoms with Crippen LogP contribution in [0, 0.1) is 6.92 Å². The lowest BCUT2D eigenvalue weighted by molar-refractivity contribution is -0.0524. The second-order valence-corrected chi connectivity index (χ2v) is 6.10. The van der Waals surface area contributed by atoms with Gasteiger partial charge in [0.25, 0.3) is 0 Å². The van der Waals surface area contributed by atoms with E-state index < -0.39 is 15.6 Å². The molecule has 1 aromatic heterocycles. The Labute approximate surface area is 114 Å². The maximum Gasteiger partial charge on any atom is 0.534 e. The first-order chi connectivity index (χ1) is 9.19. The molecule has 0 aliphatic heterocycles. The summed E-state index contributed by atoms with van der Waals surface area (Å²) < 4.78 is 68.2. The van der Waals surface area contributed by atoms with Gasteiger partial charge in [0.15, 0.2) is 0 Å². The molecule has 0 saturated carbocycles. The first kappa shape index (κ1) is 15.0. The average Bonchev–Trinajstić information content (AvgIpc) is 2.74. The summed E-state index contributed by atoms with van der Waals surface area (Å²) in [5.74, 6) is 0.820. The largest absolute Gasteiger partial charge is 0.534 e. The summed E-state index contributed by atoms with van der Waals surface area (Å²) in [6.07, 6.45) is 2.74. The van der Waals surface area contributed by atoms with Crippen molar-refractivity contribution < 1.29 is 30.2 Å². The van der Waals surface area contributed by atoms with Crippen molar-refractivity contribution in [3.05, 3.63) is 35.5 Å². The predicted octanol–water partition coefficient (Wildman–Crippen LogP) is 3.61. The van der Waals surface area contributed by atoms with Gasteiger partial charge < -0.3 is 8.60 Å². The lowest BCUT2D eigenvalue weighted by Gasteiger charge is -2.20. The van der Waals surface area contributed by atoms with Crippen LogP contribution < -0.4 is 0 Å². The van der Waals surface area contributed by atoms with E-state index in [1.165, 1.54) is 6.08 Å². The minimum absolute atomic E-state index is 0.158. The summed E-state index contributed by atoms with van der Waals surface area (Å²) in [4.78, 5) is 0. The van der Waals surface area contributed by atoms with Gasteiger partial charge in [-0.2, -0.15) is 21.6 Å². The van der Waals surface area contributed by atoms with E-state index in [1.54, 1.807) is 19.1 Å². The van der Waals surface area contributed by atoms with Gasteiger partial charge in [-0.3, -0.25) is 0 Å². The number of furan rings is 1. The van der Waals surface area contributed by atoms with Gasteiger partial charge in [0.2, 0.25) is 0 Å². The van der Waals surface area contributed by atoms with Crippen LogP contribution in [0.2, 0.25) is 0 Å². The van der Waals surface area contributed by atoms with E-state index in [-0.39, 0.29) is 18.1 Å². The fraction of sp³-hybridized carbons (Fsp3) is 0.500. The maximum absolute atomic E-state index is 12.3. The highest BCUT2D eigenvalue weighted by Crippen LogP contribution is 2.35. The Bertz CT molecular complexity index is 613. The first-order valence-electron chi connectivity index (χ1n) is 5.97. The van der Waals surface area contributed by atoms with Crippen molar-refractivity contribution >= 4 is 10.1 Å². The fourth-order valence-electron chi connectivity index (χ4n) is 2.02. The molecule has 20 heavy (non-hydrogen) atoms. The third-order valence-corrected chi connectivity index (χ3v) is 3.95. The number of rotatable bonds is 3. The fourth-order valence-corrected chi connectivity index (χ4v) is 2.54. The van der Waals surface area contributed by atoms with Crippen LogP contribution in [0.4, 0.5) is 13.2 Å². The number of alkyl halides is 3. The van der Waals surface area contributed by atoms with Gasteiger partial charge in [-0.25, -0.2) is 0 Å². The van der Waals surface area contributed by atoms with Crippen LogP contribution in [-0.2, 0) is 14.3 Å². The van der Waals surface area contributed by atoms with Crippen molar-refractivity contribution in [2.45, 2.75) is 37.6 Å². The van der Waals surface area contributed by atoms with Crippen LogP contribution >= 0.6 is 0 Å². The zero-order chi connectivity index (χ0) is 15.0. The zero-order valence-corrected chi connectivity index (χ0v) is 11.4. The van der Waals surface area contributed by atoms with E-state index in [2.05, 4.69) is 4.18 Å². The van der Waals surface area contributed by atoms with Crippen molar-refractivity contribution in [3.8, 4) is 0 Å². The van der Waals surface area contributed by atoms with Gasteiger partial charge in [0.1, 0.15) is 17.3 Å². The second kappa shape index (κ2) is 5.16. The first-order valence-corrected chi connectivity index (χ1v) is 7.37. The Morgan fingerprint density at radius 2 is 2.05 bits per heavy atom. The number of aryl methyl sites for hydroxylation is 1. The molecule has 0 bridgehead atoms. The molecule has 0 fully saturated rings. The summed E-state index contributed by atoms with van der Waals surface area (Å²) >= 11 is 0. The SMILES string of the molecule is Cc1ccc(C2C=C(OS(=O)(=O)C(F)(F)F)CCC2)o1. The number of halogens is 3. The van der Waals surface area contributed by atoms with Crippen molar-refractivity contribution in [1.82, 2.24) is 0 Å². The van der Waals surface area contributed by atoms with E-state index in [4.69, 9.17) is 4.42 Å². The normalized spacial score (nSPS) is 20.6. The zero-order valence-electron chi connectivity index (χ0n) is 10.6. The second-order valence-electron chi connectivity index (χ2n) is 4.56.